The van der Waals surface area contributed by atoms with Gasteiger partial charge in [-0.1, -0.05) is 32.9 Å². The van der Waals surface area contributed by atoms with Gasteiger partial charge in [-0.05, 0) is 17.9 Å². The molecule has 1 aromatic carbocycles. The molecule has 2 atom stereocenters. The Hall–Kier alpha value is -2.73. The number of carbonyl (C=O) groups is 2. The van der Waals surface area contributed by atoms with Crippen molar-refractivity contribution in [3.8, 4) is 0 Å². The van der Waals surface area contributed by atoms with Gasteiger partial charge in [0.05, 0.1) is 12.7 Å². The normalized spacial score (nSPS) is 14.2. The third-order valence-corrected chi connectivity index (χ3v) is 4.89. The van der Waals surface area contributed by atoms with E-state index in [1.807, 2.05) is 0 Å². The van der Waals surface area contributed by atoms with Crippen LogP contribution in [0.2, 0.25) is 0 Å². The molecule has 0 bridgehead atoms. The highest BCUT2D eigenvalue weighted by molar-refractivity contribution is 6.06. The van der Waals surface area contributed by atoms with Crippen molar-refractivity contribution in [3.63, 3.8) is 0 Å². The minimum Gasteiger partial charge on any atom is -0.394 e. The van der Waals surface area contributed by atoms with Crippen molar-refractivity contribution in [1.29, 1.82) is 0 Å². The Morgan fingerprint density at radius 1 is 1.21 bits per heavy atom. The molecule has 0 radical (unpaired) electrons. The maximum atomic E-state index is 14.5. The first kappa shape index (κ1) is 26.5. The Morgan fingerprint density at radius 2 is 1.88 bits per heavy atom. The smallest absolute Gasteiger partial charge is 0.389 e. The molecule has 184 valence electrons. The molecule has 12 heteroatoms. The number of aryl methyl sites for hydroxylation is 1. The fraction of sp³-hybridized carbons (Fsp3) is 0.571. The summed E-state index contributed by atoms with van der Waals surface area (Å²) >= 11 is 0. The summed E-state index contributed by atoms with van der Waals surface area (Å²) in [7, 11) is 0. The molecule has 0 saturated carbocycles. The number of aromatic nitrogens is 2. The van der Waals surface area contributed by atoms with Crippen LogP contribution < -0.4 is 10.6 Å². The van der Waals surface area contributed by atoms with Crippen molar-refractivity contribution in [3.05, 3.63) is 29.7 Å². The van der Waals surface area contributed by atoms with Gasteiger partial charge in [0.25, 0.3) is 5.91 Å². The van der Waals surface area contributed by atoms with E-state index < -0.39 is 54.4 Å². The number of alkyl halides is 3. The molecule has 2 amide bonds. The lowest BCUT2D eigenvalue weighted by molar-refractivity contribution is -0.136. The Kier molecular flexibility index (Phi) is 8.41. The molecule has 1 aromatic heterocycles. The quantitative estimate of drug-likeness (QED) is 0.414. The predicted octanol–water partition coefficient (Wildman–Crippen LogP) is 2.13. The first-order valence-corrected chi connectivity index (χ1v) is 10.3. The van der Waals surface area contributed by atoms with Gasteiger partial charge in [-0.3, -0.25) is 14.3 Å². The number of hydrogen-bond acceptors (Lipinski definition) is 5. The number of carbonyl (C=O) groups excluding carboxylic acids is 2. The zero-order valence-corrected chi connectivity index (χ0v) is 18.5. The van der Waals surface area contributed by atoms with E-state index in [4.69, 9.17) is 5.11 Å². The molecule has 0 spiro atoms. The summed E-state index contributed by atoms with van der Waals surface area (Å²) in [4.78, 5) is 25.6. The number of hydrogen-bond donors (Lipinski definition) is 4. The summed E-state index contributed by atoms with van der Waals surface area (Å²) in [6, 6.07) is 2.80. The molecular formula is C21H28F4N4O4. The fourth-order valence-electron chi connectivity index (χ4n) is 3.21. The van der Waals surface area contributed by atoms with E-state index in [-0.39, 0.29) is 36.1 Å². The van der Waals surface area contributed by atoms with Gasteiger partial charge in [0.1, 0.15) is 17.4 Å². The van der Waals surface area contributed by atoms with Crippen LogP contribution in [-0.2, 0) is 11.3 Å². The minimum atomic E-state index is -4.38. The van der Waals surface area contributed by atoms with Crippen LogP contribution in [0.3, 0.4) is 0 Å². The van der Waals surface area contributed by atoms with E-state index in [1.54, 1.807) is 20.8 Å². The number of fused-ring (bicyclic) bond motifs is 1. The van der Waals surface area contributed by atoms with E-state index in [1.165, 1.54) is 12.1 Å². The van der Waals surface area contributed by atoms with Crippen molar-refractivity contribution in [1.82, 2.24) is 20.4 Å². The zero-order valence-electron chi connectivity index (χ0n) is 18.5. The molecule has 2 unspecified atom stereocenters. The van der Waals surface area contributed by atoms with Crippen LogP contribution in [0.15, 0.2) is 18.2 Å². The first-order valence-electron chi connectivity index (χ1n) is 10.3. The third-order valence-electron chi connectivity index (χ3n) is 4.89. The summed E-state index contributed by atoms with van der Waals surface area (Å²) in [5, 5.41) is 27.5. The lowest BCUT2D eigenvalue weighted by Gasteiger charge is -2.30. The van der Waals surface area contributed by atoms with E-state index in [2.05, 4.69) is 15.7 Å². The van der Waals surface area contributed by atoms with Crippen LogP contribution in [-0.4, -0.2) is 63.3 Å². The van der Waals surface area contributed by atoms with Gasteiger partial charge in [0.2, 0.25) is 5.91 Å². The van der Waals surface area contributed by atoms with Crippen LogP contribution in [0.25, 0.3) is 10.9 Å². The van der Waals surface area contributed by atoms with E-state index in [0.717, 1.165) is 10.7 Å². The van der Waals surface area contributed by atoms with E-state index in [9.17, 15) is 32.3 Å². The Morgan fingerprint density at radius 3 is 2.45 bits per heavy atom. The summed E-state index contributed by atoms with van der Waals surface area (Å²) in [6.45, 7) is 4.01. The highest BCUT2D eigenvalue weighted by Gasteiger charge is 2.34. The molecule has 33 heavy (non-hydrogen) atoms. The van der Waals surface area contributed by atoms with Crippen LogP contribution in [0.5, 0.6) is 0 Å². The molecule has 4 N–H and O–H groups in total. The minimum absolute atomic E-state index is 0.100. The number of nitrogens with one attached hydrogen (secondary N) is 2. The van der Waals surface area contributed by atoms with Crippen LogP contribution in [0.4, 0.5) is 17.6 Å². The Balaban J connectivity index is 2.31. The molecule has 1 heterocycles. The lowest BCUT2D eigenvalue weighted by Crippen LogP contribution is -2.54. The monoisotopic (exact) mass is 476 g/mol. The van der Waals surface area contributed by atoms with Gasteiger partial charge >= 0.3 is 6.18 Å². The zero-order chi connectivity index (χ0) is 25.0. The van der Waals surface area contributed by atoms with Crippen molar-refractivity contribution in [2.24, 2.45) is 5.41 Å². The summed E-state index contributed by atoms with van der Waals surface area (Å²) < 4.78 is 53.0. The number of amides is 2. The van der Waals surface area contributed by atoms with E-state index in [0.29, 0.717) is 0 Å². The Labute approximate surface area is 188 Å². The fourth-order valence-corrected chi connectivity index (χ4v) is 3.21. The second-order valence-corrected chi connectivity index (χ2v) is 8.78. The number of nitrogens with zero attached hydrogens (tertiary/aromatic N) is 2. The predicted molar refractivity (Wildman–Crippen MR) is 112 cm³/mol. The highest BCUT2D eigenvalue weighted by Crippen LogP contribution is 2.26. The Bertz CT molecular complexity index is 985. The molecule has 0 aliphatic heterocycles. The molecule has 0 aliphatic carbocycles. The number of halogens is 4. The van der Waals surface area contributed by atoms with Gasteiger partial charge < -0.3 is 20.8 Å². The van der Waals surface area contributed by atoms with Crippen molar-refractivity contribution < 1.29 is 37.4 Å². The average Bonchev–Trinajstić information content (AvgIpc) is 3.08. The van der Waals surface area contributed by atoms with Crippen LogP contribution in [0, 0.1) is 11.2 Å². The second kappa shape index (κ2) is 10.5. The first-order chi connectivity index (χ1) is 15.2. The molecule has 0 aliphatic rings. The average molecular weight is 476 g/mol. The largest absolute Gasteiger partial charge is 0.394 e. The molecule has 2 rings (SSSR count). The summed E-state index contributed by atoms with van der Waals surface area (Å²) in [6.07, 6.45) is -6.99. The van der Waals surface area contributed by atoms with Crippen LogP contribution in [0.1, 0.15) is 44.1 Å². The lowest BCUT2D eigenvalue weighted by atomic mass is 9.86. The number of aliphatic hydroxyl groups is 2. The summed E-state index contributed by atoms with van der Waals surface area (Å²) in [5.74, 6) is -2.17. The van der Waals surface area contributed by atoms with Crippen molar-refractivity contribution in [2.45, 2.75) is 58.5 Å². The van der Waals surface area contributed by atoms with Gasteiger partial charge in [0, 0.05) is 24.9 Å². The number of benzene rings is 1. The maximum absolute atomic E-state index is 14.5. The van der Waals surface area contributed by atoms with Crippen LogP contribution >= 0.6 is 0 Å². The highest BCUT2D eigenvalue weighted by atomic mass is 19.4. The van der Waals surface area contributed by atoms with Gasteiger partial charge in [-0.2, -0.15) is 18.3 Å². The number of aliphatic hydroxyl groups excluding tert-OH is 2. The third kappa shape index (κ3) is 7.13. The molecule has 2 aromatic rings. The molecule has 8 nitrogen and oxygen atoms in total. The van der Waals surface area contributed by atoms with E-state index >= 15 is 0 Å². The second-order valence-electron chi connectivity index (χ2n) is 8.78. The maximum Gasteiger partial charge on any atom is 0.389 e. The van der Waals surface area contributed by atoms with Crippen molar-refractivity contribution >= 4 is 22.7 Å². The summed E-state index contributed by atoms with van der Waals surface area (Å²) in [5.41, 5.74) is -1.11. The standard InChI is InChI=1S/C21H28F4N4O4/c1-20(2,3)17(19(33)26-10-12(31)11-30)27-18(32)15-13-6-4-7-14(22)16(13)29(28-15)9-5-8-21(23,24)25/h4,6-7,12,17,30-31H,5,8-11H2,1-3H3,(H,26,33)(H,27,32). The van der Waals surface area contributed by atoms with Gasteiger partial charge in [-0.15, -0.1) is 0 Å². The van der Waals surface area contributed by atoms with Crippen molar-refractivity contribution in [2.75, 3.05) is 13.2 Å². The van der Waals surface area contributed by atoms with Gasteiger partial charge in [0.15, 0.2) is 5.69 Å². The SMILES string of the molecule is CC(C)(C)C(NC(=O)c1nn(CCCC(F)(F)F)c2c(F)cccc12)C(=O)NCC(O)CO. The molecular weight excluding hydrogens is 448 g/mol. The molecule has 0 saturated heterocycles. The number of rotatable bonds is 9. The number of para-hydroxylation sites is 1. The molecule has 0 fully saturated rings. The van der Waals surface area contributed by atoms with Gasteiger partial charge in [-0.25, -0.2) is 4.39 Å². The topological polar surface area (TPSA) is 116 Å².